The minimum Gasteiger partial charge on any atom is -0.437 e. The van der Waals surface area contributed by atoms with Crippen LogP contribution in [0, 0.1) is 6.92 Å². The molecule has 0 aliphatic carbocycles. The van der Waals surface area contributed by atoms with Gasteiger partial charge >= 0.3 is 0 Å². The Balaban J connectivity index is 2.06. The van der Waals surface area contributed by atoms with Crippen LogP contribution in [0.15, 0.2) is 42.6 Å². The summed E-state index contributed by atoms with van der Waals surface area (Å²) in [6, 6.07) is 11.0. The first-order valence-electron chi connectivity index (χ1n) is 5.85. The Morgan fingerprint density at radius 3 is 2.74 bits per heavy atom. The van der Waals surface area contributed by atoms with Gasteiger partial charge in [-0.15, -0.1) is 5.10 Å². The van der Waals surface area contributed by atoms with Gasteiger partial charge in [0.05, 0.1) is 16.9 Å². The van der Waals surface area contributed by atoms with Crippen LogP contribution in [0.1, 0.15) is 5.69 Å². The van der Waals surface area contributed by atoms with Crippen molar-refractivity contribution in [2.45, 2.75) is 6.92 Å². The Bertz CT molecular complexity index is 725. The average molecular weight is 252 g/mol. The van der Waals surface area contributed by atoms with Gasteiger partial charge in [-0.3, -0.25) is 4.98 Å². The number of rotatable bonds is 2. The quantitative estimate of drug-likeness (QED) is 0.710. The minimum atomic E-state index is 0.445. The van der Waals surface area contributed by atoms with Crippen LogP contribution >= 0.6 is 0 Å². The number of benzene rings is 1. The van der Waals surface area contributed by atoms with E-state index in [9.17, 15) is 0 Å². The van der Waals surface area contributed by atoms with Crippen LogP contribution in [0.25, 0.3) is 10.9 Å². The lowest BCUT2D eigenvalue weighted by atomic mass is 10.2. The summed E-state index contributed by atoms with van der Waals surface area (Å²) >= 11 is 0. The number of nitrogen functional groups attached to an aromatic ring is 1. The molecular formula is C14H12N4O. The van der Waals surface area contributed by atoms with E-state index in [4.69, 9.17) is 10.5 Å². The van der Waals surface area contributed by atoms with Crippen molar-refractivity contribution in [3.05, 3.63) is 48.3 Å². The Morgan fingerprint density at radius 2 is 1.95 bits per heavy atom. The van der Waals surface area contributed by atoms with E-state index >= 15 is 0 Å². The van der Waals surface area contributed by atoms with E-state index in [1.807, 2.05) is 25.1 Å². The normalized spacial score (nSPS) is 10.6. The molecule has 0 saturated carbocycles. The maximum absolute atomic E-state index is 5.89. The molecule has 0 aliphatic heterocycles. The summed E-state index contributed by atoms with van der Waals surface area (Å²) in [7, 11) is 0. The first kappa shape index (κ1) is 11.4. The van der Waals surface area contributed by atoms with Gasteiger partial charge in [-0.25, -0.2) is 0 Å². The van der Waals surface area contributed by atoms with Crippen LogP contribution in [0.2, 0.25) is 0 Å². The number of nitrogens with zero attached hydrogens (tertiary/aromatic N) is 3. The number of aromatic nitrogens is 3. The van der Waals surface area contributed by atoms with Crippen molar-refractivity contribution in [1.82, 2.24) is 15.2 Å². The van der Waals surface area contributed by atoms with Gasteiger partial charge in [-0.05, 0) is 37.3 Å². The topological polar surface area (TPSA) is 73.9 Å². The molecule has 2 aromatic heterocycles. The molecule has 5 heteroatoms. The van der Waals surface area contributed by atoms with E-state index in [1.165, 1.54) is 0 Å². The molecule has 2 heterocycles. The van der Waals surface area contributed by atoms with Crippen molar-refractivity contribution >= 4 is 16.6 Å². The molecule has 0 unspecified atom stereocenters. The first-order valence-corrected chi connectivity index (χ1v) is 5.85. The maximum Gasteiger partial charge on any atom is 0.238 e. The zero-order valence-electron chi connectivity index (χ0n) is 10.4. The highest BCUT2D eigenvalue weighted by Crippen LogP contribution is 2.30. The molecule has 3 aromatic rings. The lowest BCUT2D eigenvalue weighted by Crippen LogP contribution is -1.95. The highest BCUT2D eigenvalue weighted by Gasteiger charge is 2.07. The SMILES string of the molecule is Cc1ccc(Oc2ccc(N)c3ncccc23)nn1. The number of ether oxygens (including phenoxy) is 1. The lowest BCUT2D eigenvalue weighted by Gasteiger charge is -2.08. The second-order valence-electron chi connectivity index (χ2n) is 4.17. The summed E-state index contributed by atoms with van der Waals surface area (Å²) in [6.07, 6.45) is 1.70. The molecule has 3 rings (SSSR count). The molecule has 0 atom stereocenters. The predicted molar refractivity (Wildman–Crippen MR) is 73.0 cm³/mol. The summed E-state index contributed by atoms with van der Waals surface area (Å²) in [6.45, 7) is 1.87. The van der Waals surface area contributed by atoms with Gasteiger partial charge in [0.15, 0.2) is 0 Å². The van der Waals surface area contributed by atoms with E-state index in [0.717, 1.165) is 16.6 Å². The van der Waals surface area contributed by atoms with E-state index in [2.05, 4.69) is 15.2 Å². The molecule has 0 fully saturated rings. The Kier molecular flexibility index (Phi) is 2.72. The van der Waals surface area contributed by atoms with Crippen molar-refractivity contribution < 1.29 is 4.74 Å². The zero-order valence-corrected chi connectivity index (χ0v) is 10.4. The van der Waals surface area contributed by atoms with Crippen LogP contribution in [-0.2, 0) is 0 Å². The van der Waals surface area contributed by atoms with Gasteiger partial charge in [-0.2, -0.15) is 5.10 Å². The number of aryl methyl sites for hydroxylation is 1. The van der Waals surface area contributed by atoms with E-state index in [-0.39, 0.29) is 0 Å². The molecule has 0 spiro atoms. The molecule has 5 nitrogen and oxygen atoms in total. The summed E-state index contributed by atoms with van der Waals surface area (Å²) in [5.74, 6) is 1.11. The van der Waals surface area contributed by atoms with Crippen LogP contribution in [0.5, 0.6) is 11.6 Å². The van der Waals surface area contributed by atoms with Crippen molar-refractivity contribution in [2.24, 2.45) is 0 Å². The maximum atomic E-state index is 5.89. The number of hydrogen-bond donors (Lipinski definition) is 1. The highest BCUT2D eigenvalue weighted by atomic mass is 16.5. The Labute approximate surface area is 110 Å². The van der Waals surface area contributed by atoms with Crippen molar-refractivity contribution in [1.29, 1.82) is 0 Å². The van der Waals surface area contributed by atoms with Crippen LogP contribution in [-0.4, -0.2) is 15.2 Å². The smallest absolute Gasteiger partial charge is 0.238 e. The van der Waals surface area contributed by atoms with Crippen LogP contribution in [0.4, 0.5) is 5.69 Å². The first-order chi connectivity index (χ1) is 9.24. The minimum absolute atomic E-state index is 0.445. The molecule has 0 radical (unpaired) electrons. The molecule has 0 saturated heterocycles. The third-order valence-corrected chi connectivity index (χ3v) is 2.75. The van der Waals surface area contributed by atoms with Crippen LogP contribution < -0.4 is 10.5 Å². The summed E-state index contributed by atoms with van der Waals surface area (Å²) in [5, 5.41) is 8.79. The summed E-state index contributed by atoms with van der Waals surface area (Å²) < 4.78 is 5.73. The molecule has 1 aromatic carbocycles. The molecule has 19 heavy (non-hydrogen) atoms. The fourth-order valence-electron chi connectivity index (χ4n) is 1.81. The molecule has 0 aliphatic rings. The predicted octanol–water partition coefficient (Wildman–Crippen LogP) is 2.71. The van der Waals surface area contributed by atoms with E-state index in [1.54, 1.807) is 24.4 Å². The third-order valence-electron chi connectivity index (χ3n) is 2.75. The molecule has 94 valence electrons. The highest BCUT2D eigenvalue weighted by molar-refractivity contribution is 5.93. The Hall–Kier alpha value is -2.69. The lowest BCUT2D eigenvalue weighted by molar-refractivity contribution is 0.459. The number of nitrogens with two attached hydrogens (primary N) is 1. The van der Waals surface area contributed by atoms with Crippen molar-refractivity contribution in [3.63, 3.8) is 0 Å². The average Bonchev–Trinajstić information content (AvgIpc) is 2.45. The largest absolute Gasteiger partial charge is 0.437 e. The fraction of sp³-hybridized carbons (Fsp3) is 0.0714. The number of pyridine rings is 1. The standard InChI is InChI=1S/C14H12N4O/c1-9-4-7-13(18-17-9)19-12-6-5-11(15)14-10(12)3-2-8-16-14/h2-8H,15H2,1H3. The van der Waals surface area contributed by atoms with Gasteiger partial charge in [-0.1, -0.05) is 0 Å². The summed E-state index contributed by atoms with van der Waals surface area (Å²) in [5.41, 5.74) is 8.08. The fourth-order valence-corrected chi connectivity index (χ4v) is 1.81. The van der Waals surface area contributed by atoms with Crippen molar-refractivity contribution in [2.75, 3.05) is 5.73 Å². The Morgan fingerprint density at radius 1 is 1.05 bits per heavy atom. The van der Waals surface area contributed by atoms with E-state index in [0.29, 0.717) is 17.3 Å². The van der Waals surface area contributed by atoms with Crippen LogP contribution in [0.3, 0.4) is 0 Å². The number of anilines is 1. The van der Waals surface area contributed by atoms with Gasteiger partial charge in [0.1, 0.15) is 5.75 Å². The zero-order chi connectivity index (χ0) is 13.2. The number of fused-ring (bicyclic) bond motifs is 1. The molecule has 0 amide bonds. The monoisotopic (exact) mass is 252 g/mol. The van der Waals surface area contributed by atoms with E-state index < -0.39 is 0 Å². The third kappa shape index (κ3) is 2.18. The van der Waals surface area contributed by atoms with Gasteiger partial charge in [0.2, 0.25) is 5.88 Å². The van der Waals surface area contributed by atoms with Crippen molar-refractivity contribution in [3.8, 4) is 11.6 Å². The molecular weight excluding hydrogens is 240 g/mol. The second-order valence-corrected chi connectivity index (χ2v) is 4.17. The van der Waals surface area contributed by atoms with Gasteiger partial charge in [0, 0.05) is 17.6 Å². The van der Waals surface area contributed by atoms with Gasteiger partial charge in [0.25, 0.3) is 0 Å². The molecule has 2 N–H and O–H groups in total. The van der Waals surface area contributed by atoms with Gasteiger partial charge < -0.3 is 10.5 Å². The summed E-state index contributed by atoms with van der Waals surface area (Å²) in [4.78, 5) is 4.26. The molecule has 0 bridgehead atoms. The second kappa shape index (κ2) is 4.53. The number of hydrogen-bond acceptors (Lipinski definition) is 5.